The maximum Gasteiger partial charge on any atom is 0.268 e. The third kappa shape index (κ3) is 3.42. The molecule has 2 aliphatic rings. The summed E-state index contributed by atoms with van der Waals surface area (Å²) in [6.07, 6.45) is 2.15. The van der Waals surface area contributed by atoms with E-state index in [-0.39, 0.29) is 12.7 Å². The molecule has 0 fully saturated rings. The lowest BCUT2D eigenvalue weighted by atomic mass is 9.93. The maximum absolute atomic E-state index is 13.1. The van der Waals surface area contributed by atoms with Crippen molar-refractivity contribution in [2.45, 2.75) is 18.9 Å². The van der Waals surface area contributed by atoms with Gasteiger partial charge in [-0.1, -0.05) is 12.1 Å². The SMILES string of the molecule is CN(C)c1ccc(-c2ccnc3c2CC(C)(C(=O)Nc2ccc4c(c2)OCO4)O3)cc1. The van der Waals surface area contributed by atoms with Gasteiger partial charge in [0.05, 0.1) is 0 Å². The molecule has 0 radical (unpaired) electrons. The van der Waals surface area contributed by atoms with E-state index in [0.29, 0.717) is 29.5 Å². The predicted octanol–water partition coefficient (Wildman–Crippen LogP) is 3.88. The van der Waals surface area contributed by atoms with Crippen LogP contribution in [0.2, 0.25) is 0 Å². The molecule has 3 heterocycles. The number of pyridine rings is 1. The normalized spacial score (nSPS) is 18.3. The van der Waals surface area contributed by atoms with Crippen LogP contribution in [0.3, 0.4) is 0 Å². The molecule has 2 aliphatic heterocycles. The average molecular weight is 417 g/mol. The van der Waals surface area contributed by atoms with E-state index in [1.165, 1.54) is 0 Å². The van der Waals surface area contributed by atoms with Crippen molar-refractivity contribution in [2.24, 2.45) is 0 Å². The molecule has 1 atom stereocenters. The van der Waals surface area contributed by atoms with Gasteiger partial charge in [-0.05, 0) is 48.4 Å². The highest BCUT2D eigenvalue weighted by molar-refractivity contribution is 5.98. The number of ether oxygens (including phenoxy) is 3. The van der Waals surface area contributed by atoms with Crippen molar-refractivity contribution >= 4 is 17.3 Å². The van der Waals surface area contributed by atoms with Crippen molar-refractivity contribution < 1.29 is 19.0 Å². The summed E-state index contributed by atoms with van der Waals surface area (Å²) in [5.41, 5.74) is 3.71. The Morgan fingerprint density at radius 1 is 1.06 bits per heavy atom. The van der Waals surface area contributed by atoms with Crippen molar-refractivity contribution in [2.75, 3.05) is 31.1 Å². The second kappa shape index (κ2) is 7.19. The highest BCUT2D eigenvalue weighted by Crippen LogP contribution is 2.41. The summed E-state index contributed by atoms with van der Waals surface area (Å²) in [5.74, 6) is 1.54. The first-order chi connectivity index (χ1) is 14.9. The van der Waals surface area contributed by atoms with Gasteiger partial charge in [0, 0.05) is 49.7 Å². The zero-order valence-electron chi connectivity index (χ0n) is 17.6. The van der Waals surface area contributed by atoms with Crippen molar-refractivity contribution in [3.05, 3.63) is 60.3 Å². The first-order valence-corrected chi connectivity index (χ1v) is 10.1. The number of anilines is 2. The summed E-state index contributed by atoms with van der Waals surface area (Å²) in [6, 6.07) is 15.6. The van der Waals surface area contributed by atoms with Crippen LogP contribution in [0.25, 0.3) is 11.1 Å². The van der Waals surface area contributed by atoms with Gasteiger partial charge in [0.2, 0.25) is 12.7 Å². The van der Waals surface area contributed by atoms with Gasteiger partial charge >= 0.3 is 0 Å². The number of nitrogens with zero attached hydrogens (tertiary/aromatic N) is 2. The number of benzene rings is 2. The van der Waals surface area contributed by atoms with Gasteiger partial charge in [0.25, 0.3) is 5.91 Å². The molecule has 5 rings (SSSR count). The molecular weight excluding hydrogens is 394 g/mol. The highest BCUT2D eigenvalue weighted by atomic mass is 16.7. The Labute approximate surface area is 180 Å². The second-order valence-corrected chi connectivity index (χ2v) is 8.12. The number of aromatic nitrogens is 1. The molecule has 1 amide bonds. The van der Waals surface area contributed by atoms with Gasteiger partial charge < -0.3 is 24.4 Å². The molecular formula is C24H23N3O4. The van der Waals surface area contributed by atoms with Crippen LogP contribution in [-0.2, 0) is 11.2 Å². The van der Waals surface area contributed by atoms with Crippen LogP contribution in [-0.4, -0.2) is 37.4 Å². The van der Waals surface area contributed by atoms with Crippen LogP contribution in [0.5, 0.6) is 17.4 Å². The molecule has 31 heavy (non-hydrogen) atoms. The van der Waals surface area contributed by atoms with Crippen molar-refractivity contribution in [1.29, 1.82) is 0 Å². The number of rotatable bonds is 4. The lowest BCUT2D eigenvalue weighted by Gasteiger charge is -2.22. The largest absolute Gasteiger partial charge is 0.461 e. The first-order valence-electron chi connectivity index (χ1n) is 10.1. The van der Waals surface area contributed by atoms with Gasteiger partial charge in [-0.25, -0.2) is 4.98 Å². The number of hydrogen-bond acceptors (Lipinski definition) is 6. The minimum absolute atomic E-state index is 0.187. The molecule has 7 nitrogen and oxygen atoms in total. The van der Waals surface area contributed by atoms with E-state index in [9.17, 15) is 4.79 Å². The monoisotopic (exact) mass is 417 g/mol. The molecule has 1 aromatic heterocycles. The molecule has 0 saturated heterocycles. The molecule has 2 aromatic carbocycles. The van der Waals surface area contributed by atoms with Crippen LogP contribution >= 0.6 is 0 Å². The molecule has 3 aromatic rings. The van der Waals surface area contributed by atoms with E-state index >= 15 is 0 Å². The average Bonchev–Trinajstić information content (AvgIpc) is 3.37. The summed E-state index contributed by atoms with van der Waals surface area (Å²) >= 11 is 0. The van der Waals surface area contributed by atoms with E-state index in [1.54, 1.807) is 31.3 Å². The second-order valence-electron chi connectivity index (χ2n) is 8.12. The van der Waals surface area contributed by atoms with Crippen LogP contribution in [0.1, 0.15) is 12.5 Å². The van der Waals surface area contributed by atoms with Gasteiger partial charge in [-0.15, -0.1) is 0 Å². The standard InChI is InChI=1S/C24H23N3O4/c1-24(23(28)26-16-6-9-20-21(12-16)30-14-29-20)13-19-18(10-11-25-22(19)31-24)15-4-7-17(8-5-15)27(2)3/h4-12H,13-14H2,1-3H3,(H,26,28). The maximum atomic E-state index is 13.1. The van der Waals surface area contributed by atoms with Crippen LogP contribution in [0.15, 0.2) is 54.7 Å². The molecule has 0 spiro atoms. The smallest absolute Gasteiger partial charge is 0.268 e. The topological polar surface area (TPSA) is 72.9 Å². The van der Waals surface area contributed by atoms with Gasteiger partial charge in [-0.3, -0.25) is 4.79 Å². The molecule has 1 unspecified atom stereocenters. The molecule has 1 N–H and O–H groups in total. The number of nitrogens with one attached hydrogen (secondary N) is 1. The van der Waals surface area contributed by atoms with Gasteiger partial charge in [0.15, 0.2) is 17.1 Å². The summed E-state index contributed by atoms with van der Waals surface area (Å²) < 4.78 is 16.8. The summed E-state index contributed by atoms with van der Waals surface area (Å²) in [6.45, 7) is 1.97. The molecule has 0 aliphatic carbocycles. The first kappa shape index (κ1) is 19.2. The number of carbonyl (C=O) groups excluding carboxylic acids is 1. The zero-order valence-corrected chi connectivity index (χ0v) is 17.6. The van der Waals surface area contributed by atoms with E-state index in [1.807, 2.05) is 20.2 Å². The summed E-state index contributed by atoms with van der Waals surface area (Å²) in [5, 5.41) is 2.94. The van der Waals surface area contributed by atoms with Crippen LogP contribution in [0, 0.1) is 0 Å². The molecule has 7 heteroatoms. The Morgan fingerprint density at radius 3 is 2.61 bits per heavy atom. The minimum atomic E-state index is -1.06. The van der Waals surface area contributed by atoms with Gasteiger partial charge in [0.1, 0.15) is 0 Å². The van der Waals surface area contributed by atoms with E-state index in [4.69, 9.17) is 14.2 Å². The molecule has 0 bridgehead atoms. The Balaban J connectivity index is 1.39. The zero-order chi connectivity index (χ0) is 21.6. The number of amides is 1. The van der Waals surface area contributed by atoms with E-state index in [0.717, 1.165) is 22.4 Å². The number of hydrogen-bond donors (Lipinski definition) is 1. The van der Waals surface area contributed by atoms with Crippen LogP contribution in [0.4, 0.5) is 11.4 Å². The summed E-state index contributed by atoms with van der Waals surface area (Å²) in [7, 11) is 4.02. The Morgan fingerprint density at radius 2 is 1.84 bits per heavy atom. The van der Waals surface area contributed by atoms with Crippen molar-refractivity contribution in [3.63, 3.8) is 0 Å². The van der Waals surface area contributed by atoms with Crippen LogP contribution < -0.4 is 24.4 Å². The number of carbonyl (C=O) groups is 1. The lowest BCUT2D eigenvalue weighted by Crippen LogP contribution is -2.44. The fraction of sp³-hybridized carbons (Fsp3) is 0.250. The Kier molecular flexibility index (Phi) is 4.46. The molecule has 158 valence electrons. The molecule has 0 saturated carbocycles. The number of fused-ring (bicyclic) bond motifs is 2. The Bertz CT molecular complexity index is 1160. The fourth-order valence-electron chi connectivity index (χ4n) is 3.89. The van der Waals surface area contributed by atoms with Crippen molar-refractivity contribution in [1.82, 2.24) is 4.98 Å². The predicted molar refractivity (Wildman–Crippen MR) is 118 cm³/mol. The van der Waals surface area contributed by atoms with E-state index < -0.39 is 5.60 Å². The minimum Gasteiger partial charge on any atom is -0.461 e. The Hall–Kier alpha value is -3.74. The van der Waals surface area contributed by atoms with E-state index in [2.05, 4.69) is 39.5 Å². The summed E-state index contributed by atoms with van der Waals surface area (Å²) in [4.78, 5) is 19.6. The van der Waals surface area contributed by atoms with Crippen molar-refractivity contribution in [3.8, 4) is 28.5 Å². The lowest BCUT2D eigenvalue weighted by molar-refractivity contribution is -0.128. The third-order valence-corrected chi connectivity index (χ3v) is 5.66. The quantitative estimate of drug-likeness (QED) is 0.695. The highest BCUT2D eigenvalue weighted by Gasteiger charge is 2.44. The van der Waals surface area contributed by atoms with Gasteiger partial charge in [-0.2, -0.15) is 0 Å². The fourth-order valence-corrected chi connectivity index (χ4v) is 3.89. The third-order valence-electron chi connectivity index (χ3n) is 5.66.